The minimum Gasteiger partial charge on any atom is -0.342 e. The molecule has 0 aromatic heterocycles. The number of likely N-dealkylation sites (tertiary alicyclic amines) is 1. The van der Waals surface area contributed by atoms with Crippen molar-refractivity contribution >= 4 is 15.7 Å². The summed E-state index contributed by atoms with van der Waals surface area (Å²) in [7, 11) is -3.45. The van der Waals surface area contributed by atoms with Crippen molar-refractivity contribution < 1.29 is 17.6 Å². The summed E-state index contributed by atoms with van der Waals surface area (Å²) in [6, 6.07) is 6.37. The predicted molar refractivity (Wildman–Crippen MR) is 88.3 cm³/mol. The molecule has 128 valence electrons. The van der Waals surface area contributed by atoms with Crippen LogP contribution in [0.25, 0.3) is 0 Å². The summed E-state index contributed by atoms with van der Waals surface area (Å²) in [6.45, 7) is 5.98. The second-order valence-corrected chi connectivity index (χ2v) is 9.94. The molecule has 2 rings (SSSR count). The van der Waals surface area contributed by atoms with Crippen LogP contribution in [0.15, 0.2) is 24.3 Å². The van der Waals surface area contributed by atoms with Crippen LogP contribution in [-0.2, 0) is 21.1 Å². The van der Waals surface area contributed by atoms with E-state index in [0.29, 0.717) is 19.0 Å². The molecule has 0 bridgehead atoms. The van der Waals surface area contributed by atoms with Crippen LogP contribution in [0.2, 0.25) is 0 Å². The Kier molecular flexibility index (Phi) is 5.14. The Morgan fingerprint density at radius 3 is 2.43 bits per heavy atom. The van der Waals surface area contributed by atoms with E-state index in [-0.39, 0.29) is 11.7 Å². The largest absolute Gasteiger partial charge is 0.342 e. The van der Waals surface area contributed by atoms with Crippen LogP contribution < -0.4 is 0 Å². The average Bonchev–Trinajstić information content (AvgIpc) is 2.88. The summed E-state index contributed by atoms with van der Waals surface area (Å²) >= 11 is 0. The standard InChI is InChI=1S/C17H24FNO3S/c1-17(2,3)23(21,22)12-16(20)19-9-8-14(11-19)10-13-4-6-15(18)7-5-13/h4-7,14H,8-12H2,1-3H3/t14-/m0/s1. The highest BCUT2D eigenvalue weighted by molar-refractivity contribution is 7.93. The molecule has 1 aromatic carbocycles. The van der Waals surface area contributed by atoms with Gasteiger partial charge in [-0.25, -0.2) is 12.8 Å². The molecular weight excluding hydrogens is 317 g/mol. The third kappa shape index (κ3) is 4.53. The van der Waals surface area contributed by atoms with Gasteiger partial charge in [-0.2, -0.15) is 0 Å². The first kappa shape index (κ1) is 17.9. The fourth-order valence-corrected chi connectivity index (χ4v) is 3.59. The third-order valence-electron chi connectivity index (χ3n) is 4.32. The number of hydrogen-bond acceptors (Lipinski definition) is 3. The Bertz CT molecular complexity index is 662. The Morgan fingerprint density at radius 1 is 1.26 bits per heavy atom. The van der Waals surface area contributed by atoms with E-state index in [9.17, 15) is 17.6 Å². The highest BCUT2D eigenvalue weighted by atomic mass is 32.2. The summed E-state index contributed by atoms with van der Waals surface area (Å²) in [6.07, 6.45) is 1.62. The fourth-order valence-electron chi connectivity index (χ4n) is 2.65. The minimum atomic E-state index is -3.45. The number of sulfone groups is 1. The fraction of sp³-hybridized carbons (Fsp3) is 0.588. The molecule has 6 heteroatoms. The van der Waals surface area contributed by atoms with Crippen LogP contribution in [-0.4, -0.2) is 42.8 Å². The zero-order valence-electron chi connectivity index (χ0n) is 13.9. The van der Waals surface area contributed by atoms with Gasteiger partial charge in [0.15, 0.2) is 9.84 Å². The molecule has 23 heavy (non-hydrogen) atoms. The lowest BCUT2D eigenvalue weighted by molar-refractivity contribution is -0.127. The minimum absolute atomic E-state index is 0.260. The third-order valence-corrected chi connectivity index (χ3v) is 6.82. The van der Waals surface area contributed by atoms with Gasteiger partial charge < -0.3 is 4.90 Å². The van der Waals surface area contributed by atoms with Crippen molar-refractivity contribution in [1.29, 1.82) is 0 Å². The second-order valence-electron chi connectivity index (χ2n) is 7.20. The molecule has 1 atom stereocenters. The maximum absolute atomic E-state index is 12.9. The lowest BCUT2D eigenvalue weighted by Gasteiger charge is -2.22. The number of carbonyl (C=O) groups is 1. The van der Waals surface area contributed by atoms with Gasteiger partial charge in [-0.15, -0.1) is 0 Å². The molecule has 0 unspecified atom stereocenters. The molecule has 0 aliphatic carbocycles. The van der Waals surface area contributed by atoms with E-state index in [4.69, 9.17) is 0 Å². The molecule has 1 amide bonds. The molecule has 4 nitrogen and oxygen atoms in total. The Labute approximate surface area is 137 Å². The van der Waals surface area contributed by atoms with Crippen LogP contribution in [0.3, 0.4) is 0 Å². The normalized spacial score (nSPS) is 19.1. The van der Waals surface area contributed by atoms with E-state index in [0.717, 1.165) is 18.4 Å². The molecular formula is C17H24FNO3S. The van der Waals surface area contributed by atoms with Crippen molar-refractivity contribution in [1.82, 2.24) is 4.90 Å². The first-order valence-corrected chi connectivity index (χ1v) is 9.48. The van der Waals surface area contributed by atoms with E-state index in [1.807, 2.05) is 0 Å². The van der Waals surface area contributed by atoms with Crippen LogP contribution in [0.4, 0.5) is 4.39 Å². The number of hydrogen-bond donors (Lipinski definition) is 0. The van der Waals surface area contributed by atoms with Crippen molar-refractivity contribution in [2.45, 2.75) is 38.4 Å². The Morgan fingerprint density at radius 2 is 1.87 bits per heavy atom. The van der Waals surface area contributed by atoms with Crippen molar-refractivity contribution in [2.75, 3.05) is 18.8 Å². The molecule has 1 saturated heterocycles. The van der Waals surface area contributed by atoms with Crippen molar-refractivity contribution in [3.8, 4) is 0 Å². The molecule has 0 saturated carbocycles. The number of nitrogens with zero attached hydrogens (tertiary/aromatic N) is 1. The zero-order valence-corrected chi connectivity index (χ0v) is 14.7. The molecule has 1 aliphatic rings. The quantitative estimate of drug-likeness (QED) is 0.845. The number of carbonyl (C=O) groups excluding carboxylic acids is 1. The maximum atomic E-state index is 12.9. The smallest absolute Gasteiger partial charge is 0.237 e. The summed E-state index contributed by atoms with van der Waals surface area (Å²) in [4.78, 5) is 13.9. The summed E-state index contributed by atoms with van der Waals surface area (Å²) in [5.41, 5.74) is 1.04. The molecule has 0 N–H and O–H groups in total. The van der Waals surface area contributed by atoms with E-state index < -0.39 is 20.3 Å². The summed E-state index contributed by atoms with van der Waals surface area (Å²) < 4.78 is 36.3. The highest BCUT2D eigenvalue weighted by Crippen LogP contribution is 2.23. The van der Waals surface area contributed by atoms with Crippen molar-refractivity contribution in [3.63, 3.8) is 0 Å². The van der Waals surface area contributed by atoms with Crippen LogP contribution >= 0.6 is 0 Å². The van der Waals surface area contributed by atoms with Gasteiger partial charge in [0.05, 0.1) is 4.75 Å². The Hall–Kier alpha value is -1.43. The van der Waals surface area contributed by atoms with E-state index in [1.54, 1.807) is 37.8 Å². The van der Waals surface area contributed by atoms with Gasteiger partial charge in [0, 0.05) is 13.1 Å². The van der Waals surface area contributed by atoms with Gasteiger partial charge in [-0.05, 0) is 57.2 Å². The maximum Gasteiger partial charge on any atom is 0.237 e. The monoisotopic (exact) mass is 341 g/mol. The number of rotatable bonds is 4. The van der Waals surface area contributed by atoms with E-state index in [1.165, 1.54) is 12.1 Å². The van der Waals surface area contributed by atoms with Crippen LogP contribution in [0, 0.1) is 11.7 Å². The second kappa shape index (κ2) is 6.59. The molecule has 0 radical (unpaired) electrons. The van der Waals surface area contributed by atoms with E-state index in [2.05, 4.69) is 0 Å². The van der Waals surface area contributed by atoms with Crippen LogP contribution in [0.1, 0.15) is 32.8 Å². The zero-order chi connectivity index (χ0) is 17.3. The number of halogens is 1. The van der Waals surface area contributed by atoms with Gasteiger partial charge in [0.1, 0.15) is 11.6 Å². The molecule has 1 aromatic rings. The van der Waals surface area contributed by atoms with Gasteiger partial charge in [0.2, 0.25) is 5.91 Å². The molecule has 1 aliphatic heterocycles. The first-order valence-electron chi connectivity index (χ1n) is 7.83. The predicted octanol–water partition coefficient (Wildman–Crippen LogP) is 2.43. The van der Waals surface area contributed by atoms with Crippen molar-refractivity contribution in [2.24, 2.45) is 5.92 Å². The lowest BCUT2D eigenvalue weighted by Crippen LogP contribution is -2.40. The topological polar surface area (TPSA) is 54.5 Å². The molecule has 1 heterocycles. The SMILES string of the molecule is CC(C)(C)S(=O)(=O)CC(=O)N1CC[C@@H](Cc2ccc(F)cc2)C1. The van der Waals surface area contributed by atoms with Gasteiger partial charge in [-0.3, -0.25) is 4.79 Å². The molecule has 1 fully saturated rings. The van der Waals surface area contributed by atoms with Gasteiger partial charge in [-0.1, -0.05) is 12.1 Å². The molecule has 0 spiro atoms. The average molecular weight is 341 g/mol. The number of amides is 1. The highest BCUT2D eigenvalue weighted by Gasteiger charge is 2.34. The first-order chi connectivity index (χ1) is 10.6. The summed E-state index contributed by atoms with van der Waals surface area (Å²) in [5, 5.41) is 0. The number of benzene rings is 1. The lowest BCUT2D eigenvalue weighted by atomic mass is 9.99. The van der Waals surface area contributed by atoms with Gasteiger partial charge >= 0.3 is 0 Å². The van der Waals surface area contributed by atoms with Crippen molar-refractivity contribution in [3.05, 3.63) is 35.6 Å². The Balaban J connectivity index is 1.92. The van der Waals surface area contributed by atoms with Crippen LogP contribution in [0.5, 0.6) is 0 Å². The van der Waals surface area contributed by atoms with Gasteiger partial charge in [0.25, 0.3) is 0 Å². The summed E-state index contributed by atoms with van der Waals surface area (Å²) in [5.74, 6) is -0.715. The van der Waals surface area contributed by atoms with E-state index >= 15 is 0 Å².